The van der Waals surface area contributed by atoms with Gasteiger partial charge in [-0.1, -0.05) is 41.9 Å². The summed E-state index contributed by atoms with van der Waals surface area (Å²) in [6.07, 6.45) is -4.51. The maximum atomic E-state index is 14.4. The van der Waals surface area contributed by atoms with Crippen LogP contribution in [-0.4, -0.2) is 22.5 Å². The van der Waals surface area contributed by atoms with Crippen molar-refractivity contribution in [2.45, 2.75) is 12.1 Å². The number of ether oxygens (including phenoxy) is 1. The lowest BCUT2D eigenvalue weighted by molar-refractivity contribution is -0.384. The highest BCUT2D eigenvalue weighted by atomic mass is 35.5. The molecule has 12 heteroatoms. The van der Waals surface area contributed by atoms with Crippen molar-refractivity contribution >= 4 is 29.2 Å². The van der Waals surface area contributed by atoms with Crippen LogP contribution >= 0.6 is 11.6 Å². The van der Waals surface area contributed by atoms with Crippen molar-refractivity contribution < 1.29 is 32.0 Å². The van der Waals surface area contributed by atoms with E-state index < -0.39 is 34.5 Å². The second kappa shape index (κ2) is 11.5. The van der Waals surface area contributed by atoms with Gasteiger partial charge in [0, 0.05) is 30.8 Å². The highest BCUT2D eigenvalue weighted by Gasteiger charge is 2.33. The number of anilines is 1. The Hall–Kier alpha value is -4.51. The molecule has 0 bridgehead atoms. The summed E-state index contributed by atoms with van der Waals surface area (Å²) in [6, 6.07) is 18.1. The first kappa shape index (κ1) is 27.5. The number of nitro groups is 1. The number of carbonyl (C=O) groups excluding carboxylic acids is 1. The molecule has 200 valence electrons. The number of aromatic nitrogens is 1. The van der Waals surface area contributed by atoms with Crippen LogP contribution in [-0.2, 0) is 6.18 Å². The first-order chi connectivity index (χ1) is 18.5. The number of benzene rings is 3. The molecule has 0 fully saturated rings. The third kappa shape index (κ3) is 6.88. The monoisotopic (exact) mass is 559 g/mol. The molecule has 1 heterocycles. The fourth-order valence-corrected chi connectivity index (χ4v) is 3.94. The second-order valence-corrected chi connectivity index (χ2v) is 8.73. The SMILES string of the molecule is O=C(Oc1ccc([N+](=O)[O-])cc1)N(CC(c1ccccc1)c1cc(F)cc(C(F)(F)F)c1)c1ccc(Cl)cn1. The molecular formula is C27H18ClF4N3O4. The molecule has 1 unspecified atom stereocenters. The van der Waals surface area contributed by atoms with Crippen molar-refractivity contribution in [3.05, 3.63) is 129 Å². The van der Waals surface area contributed by atoms with Gasteiger partial charge in [-0.15, -0.1) is 0 Å². The molecule has 0 aliphatic rings. The number of hydrogen-bond acceptors (Lipinski definition) is 5. The lowest BCUT2D eigenvalue weighted by Crippen LogP contribution is -2.38. The van der Waals surface area contributed by atoms with Crippen LogP contribution in [0.4, 0.5) is 33.9 Å². The molecule has 1 atom stereocenters. The number of amides is 1. The van der Waals surface area contributed by atoms with E-state index in [1.807, 2.05) is 0 Å². The van der Waals surface area contributed by atoms with E-state index in [0.29, 0.717) is 11.6 Å². The Balaban J connectivity index is 1.76. The Bertz CT molecular complexity index is 1470. The molecule has 1 aromatic heterocycles. The minimum atomic E-state index is -4.80. The van der Waals surface area contributed by atoms with E-state index in [2.05, 4.69) is 4.98 Å². The first-order valence-corrected chi connectivity index (χ1v) is 11.7. The standard InChI is InChI=1S/C27H18ClF4N3O4/c28-20-6-11-25(33-15-20)34(26(36)39-23-9-7-22(8-10-23)35(37)38)16-24(17-4-2-1-3-5-17)18-12-19(27(30,31)32)14-21(29)13-18/h1-15,24H,16H2. The molecule has 0 aliphatic carbocycles. The maximum absolute atomic E-state index is 14.4. The summed E-state index contributed by atoms with van der Waals surface area (Å²) in [7, 11) is 0. The molecule has 7 nitrogen and oxygen atoms in total. The van der Waals surface area contributed by atoms with Gasteiger partial charge in [-0.05, 0) is 53.6 Å². The predicted molar refractivity (Wildman–Crippen MR) is 135 cm³/mol. The van der Waals surface area contributed by atoms with Gasteiger partial charge in [0.2, 0.25) is 0 Å². The maximum Gasteiger partial charge on any atom is 0.420 e. The van der Waals surface area contributed by atoms with Crippen molar-refractivity contribution in [2.75, 3.05) is 11.4 Å². The van der Waals surface area contributed by atoms with Crippen LogP contribution in [0.25, 0.3) is 0 Å². The molecule has 0 saturated carbocycles. The zero-order valence-corrected chi connectivity index (χ0v) is 20.6. The number of non-ortho nitro benzene ring substituents is 1. The van der Waals surface area contributed by atoms with Gasteiger partial charge in [-0.25, -0.2) is 14.2 Å². The molecule has 39 heavy (non-hydrogen) atoms. The fraction of sp³-hybridized carbons (Fsp3) is 0.111. The molecule has 1 amide bonds. The second-order valence-electron chi connectivity index (χ2n) is 8.30. The summed E-state index contributed by atoms with van der Waals surface area (Å²) < 4.78 is 60.3. The highest BCUT2D eigenvalue weighted by Crippen LogP contribution is 2.35. The van der Waals surface area contributed by atoms with Crippen molar-refractivity contribution in [2.24, 2.45) is 0 Å². The number of carbonyl (C=O) groups is 1. The Morgan fingerprint density at radius 2 is 1.69 bits per heavy atom. The van der Waals surface area contributed by atoms with Crippen molar-refractivity contribution in [1.82, 2.24) is 4.98 Å². The van der Waals surface area contributed by atoms with Gasteiger partial charge >= 0.3 is 12.3 Å². The van der Waals surface area contributed by atoms with Gasteiger partial charge in [0.1, 0.15) is 17.4 Å². The summed E-state index contributed by atoms with van der Waals surface area (Å²) in [6.45, 7) is -0.300. The van der Waals surface area contributed by atoms with E-state index in [1.54, 1.807) is 30.3 Å². The van der Waals surface area contributed by atoms with Gasteiger partial charge in [0.05, 0.1) is 15.5 Å². The van der Waals surface area contributed by atoms with Crippen molar-refractivity contribution in [3.63, 3.8) is 0 Å². The lowest BCUT2D eigenvalue weighted by Gasteiger charge is -2.27. The zero-order chi connectivity index (χ0) is 28.2. The number of rotatable bonds is 7. The summed E-state index contributed by atoms with van der Waals surface area (Å²) in [4.78, 5) is 28.9. The Kier molecular flexibility index (Phi) is 8.10. The van der Waals surface area contributed by atoms with Crippen LogP contribution < -0.4 is 9.64 Å². The predicted octanol–water partition coefficient (Wildman–Crippen LogP) is 7.64. The fourth-order valence-electron chi connectivity index (χ4n) is 3.83. The molecule has 0 N–H and O–H groups in total. The van der Waals surface area contributed by atoms with Crippen LogP contribution in [0.2, 0.25) is 5.02 Å². The van der Waals surface area contributed by atoms with Gasteiger partial charge in [-0.3, -0.25) is 15.0 Å². The summed E-state index contributed by atoms with van der Waals surface area (Å²) in [5, 5.41) is 11.2. The van der Waals surface area contributed by atoms with E-state index in [4.69, 9.17) is 16.3 Å². The molecule has 4 aromatic rings. The Morgan fingerprint density at radius 1 is 1.00 bits per heavy atom. The molecule has 0 saturated heterocycles. The largest absolute Gasteiger partial charge is 0.420 e. The Morgan fingerprint density at radius 3 is 2.28 bits per heavy atom. The van der Waals surface area contributed by atoms with Crippen LogP contribution in [0.3, 0.4) is 0 Å². The number of hydrogen-bond donors (Lipinski definition) is 0. The summed E-state index contributed by atoms with van der Waals surface area (Å²) in [5.41, 5.74) is -0.932. The van der Waals surface area contributed by atoms with Crippen LogP contribution in [0, 0.1) is 15.9 Å². The van der Waals surface area contributed by atoms with Crippen molar-refractivity contribution in [1.29, 1.82) is 0 Å². The normalized spacial score (nSPS) is 12.0. The van der Waals surface area contributed by atoms with Gasteiger partial charge in [0.25, 0.3) is 5.69 Å². The lowest BCUT2D eigenvalue weighted by atomic mass is 9.89. The van der Waals surface area contributed by atoms with Crippen LogP contribution in [0.1, 0.15) is 22.6 Å². The number of nitro benzene ring substituents is 1. The van der Waals surface area contributed by atoms with E-state index in [-0.39, 0.29) is 34.4 Å². The van der Waals surface area contributed by atoms with E-state index >= 15 is 0 Å². The van der Waals surface area contributed by atoms with Gasteiger partial charge < -0.3 is 4.74 Å². The zero-order valence-electron chi connectivity index (χ0n) is 19.8. The molecule has 0 radical (unpaired) electrons. The smallest absolute Gasteiger partial charge is 0.410 e. The number of pyridine rings is 1. The third-order valence-electron chi connectivity index (χ3n) is 5.68. The van der Waals surface area contributed by atoms with E-state index in [0.717, 1.165) is 29.2 Å². The number of nitrogens with zero attached hydrogens (tertiary/aromatic N) is 3. The van der Waals surface area contributed by atoms with Crippen LogP contribution in [0.5, 0.6) is 5.75 Å². The van der Waals surface area contributed by atoms with E-state index in [1.165, 1.54) is 30.5 Å². The summed E-state index contributed by atoms with van der Waals surface area (Å²) in [5.74, 6) is -2.00. The average molecular weight is 560 g/mol. The molecule has 3 aromatic carbocycles. The topological polar surface area (TPSA) is 85.6 Å². The minimum Gasteiger partial charge on any atom is -0.410 e. The molecular weight excluding hydrogens is 542 g/mol. The molecule has 0 spiro atoms. The first-order valence-electron chi connectivity index (χ1n) is 11.3. The minimum absolute atomic E-state index is 0.0223. The van der Waals surface area contributed by atoms with Gasteiger partial charge in [-0.2, -0.15) is 13.2 Å². The Labute approximate surface area is 224 Å². The number of halogens is 5. The molecule has 4 rings (SSSR count). The number of alkyl halides is 3. The van der Waals surface area contributed by atoms with Gasteiger partial charge in [0.15, 0.2) is 0 Å². The highest BCUT2D eigenvalue weighted by molar-refractivity contribution is 6.30. The quantitative estimate of drug-likeness (QED) is 0.132. The van der Waals surface area contributed by atoms with Crippen molar-refractivity contribution in [3.8, 4) is 5.75 Å². The summed E-state index contributed by atoms with van der Waals surface area (Å²) >= 11 is 5.94. The van der Waals surface area contributed by atoms with E-state index in [9.17, 15) is 32.5 Å². The average Bonchev–Trinajstić information content (AvgIpc) is 2.90. The van der Waals surface area contributed by atoms with Crippen LogP contribution in [0.15, 0.2) is 91.1 Å². The third-order valence-corrected chi connectivity index (χ3v) is 5.90. The molecule has 0 aliphatic heterocycles.